The molecule has 0 spiro atoms. The van der Waals surface area contributed by atoms with E-state index in [1.165, 1.54) is 7.11 Å². The highest BCUT2D eigenvalue weighted by molar-refractivity contribution is 6.28. The van der Waals surface area contributed by atoms with E-state index in [0.29, 0.717) is 19.4 Å². The molecule has 0 aliphatic heterocycles. The molecule has 0 aromatic rings. The first-order chi connectivity index (χ1) is 10.9. The number of carbonyl (C=O) groups excluding carboxylic acids is 3. The Morgan fingerprint density at radius 3 is 2.17 bits per heavy atom. The molecule has 7 nitrogen and oxygen atoms in total. The van der Waals surface area contributed by atoms with Gasteiger partial charge in [-0.15, -0.1) is 11.6 Å². The summed E-state index contributed by atoms with van der Waals surface area (Å²) in [4.78, 5) is 35.5. The van der Waals surface area contributed by atoms with Crippen molar-refractivity contribution in [3.05, 3.63) is 0 Å². The Labute approximate surface area is 148 Å². The minimum Gasteiger partial charge on any atom is -0.444 e. The van der Waals surface area contributed by atoms with Gasteiger partial charge in [0.25, 0.3) is 5.91 Å². The number of amides is 2. The quantitative estimate of drug-likeness (QED) is 0.482. The van der Waals surface area contributed by atoms with Crippen LogP contribution in [0.15, 0.2) is 0 Å². The second kappa shape index (κ2) is 9.84. The molecule has 140 valence electrons. The van der Waals surface area contributed by atoms with Crippen LogP contribution in [0.1, 0.15) is 47.5 Å². The van der Waals surface area contributed by atoms with Crippen LogP contribution in [0.2, 0.25) is 0 Å². The second-order valence-corrected chi connectivity index (χ2v) is 7.18. The number of hydrogen-bond donors (Lipinski definition) is 2. The monoisotopic (exact) mass is 364 g/mol. The number of methoxy groups -OCH3 is 1. The third-order valence-electron chi connectivity index (χ3n) is 3.22. The molecule has 1 atom stereocenters. The molecule has 2 amide bonds. The van der Waals surface area contributed by atoms with Gasteiger partial charge in [-0.05, 0) is 47.5 Å². The SMILES string of the molecule is COC(C)(C)C(=O)NC(CCCNC(=O)OC(C)(C)C)C(=O)CCl. The van der Waals surface area contributed by atoms with Crippen molar-refractivity contribution in [3.8, 4) is 0 Å². The van der Waals surface area contributed by atoms with Gasteiger partial charge in [0.05, 0.1) is 11.9 Å². The van der Waals surface area contributed by atoms with Crippen LogP contribution in [-0.4, -0.2) is 54.6 Å². The van der Waals surface area contributed by atoms with Gasteiger partial charge in [-0.1, -0.05) is 0 Å². The molecule has 0 saturated heterocycles. The maximum Gasteiger partial charge on any atom is 0.407 e. The van der Waals surface area contributed by atoms with Crippen molar-refractivity contribution in [2.45, 2.75) is 64.7 Å². The van der Waals surface area contributed by atoms with E-state index in [-0.39, 0.29) is 11.7 Å². The minimum atomic E-state index is -1.04. The van der Waals surface area contributed by atoms with Crippen molar-refractivity contribution in [2.24, 2.45) is 0 Å². The number of alkyl carbamates (subject to hydrolysis) is 1. The number of Topliss-reactive ketones (excluding diaryl/α,β-unsaturated/α-hetero) is 1. The molecule has 0 fully saturated rings. The van der Waals surface area contributed by atoms with Crippen LogP contribution in [0, 0.1) is 0 Å². The van der Waals surface area contributed by atoms with E-state index in [1.54, 1.807) is 34.6 Å². The number of ketones is 1. The van der Waals surface area contributed by atoms with Crippen molar-refractivity contribution in [1.29, 1.82) is 0 Å². The summed E-state index contributed by atoms with van der Waals surface area (Å²) < 4.78 is 10.2. The zero-order valence-corrected chi connectivity index (χ0v) is 16.1. The van der Waals surface area contributed by atoms with Gasteiger partial charge in [0.1, 0.15) is 11.2 Å². The lowest BCUT2D eigenvalue weighted by atomic mass is 10.0. The highest BCUT2D eigenvalue weighted by Gasteiger charge is 2.30. The molecule has 1 unspecified atom stereocenters. The summed E-state index contributed by atoms with van der Waals surface area (Å²) in [5.41, 5.74) is -1.61. The Balaban J connectivity index is 4.44. The van der Waals surface area contributed by atoms with E-state index in [1.807, 2.05) is 0 Å². The lowest BCUT2D eigenvalue weighted by molar-refractivity contribution is -0.141. The topological polar surface area (TPSA) is 93.7 Å². The molecular formula is C16H29ClN2O5. The summed E-state index contributed by atoms with van der Waals surface area (Å²) in [6.07, 6.45) is 0.319. The number of halogens is 1. The van der Waals surface area contributed by atoms with Gasteiger partial charge < -0.3 is 20.1 Å². The standard InChI is InChI=1S/C16H29ClN2O5/c1-15(2,3)24-14(22)18-9-7-8-11(12(20)10-17)19-13(21)16(4,5)23-6/h11H,7-10H2,1-6H3,(H,18,22)(H,19,21). The largest absolute Gasteiger partial charge is 0.444 e. The molecule has 0 aromatic heterocycles. The number of nitrogens with one attached hydrogen (secondary N) is 2. The fourth-order valence-corrected chi connectivity index (χ4v) is 1.83. The number of carbonyl (C=O) groups is 3. The average molecular weight is 365 g/mol. The zero-order chi connectivity index (χ0) is 19.0. The van der Waals surface area contributed by atoms with Crippen molar-refractivity contribution < 1.29 is 23.9 Å². The van der Waals surface area contributed by atoms with Crippen LogP contribution in [-0.2, 0) is 19.1 Å². The van der Waals surface area contributed by atoms with Gasteiger partial charge in [-0.2, -0.15) is 0 Å². The molecule has 0 rings (SSSR count). The van der Waals surface area contributed by atoms with Gasteiger partial charge in [-0.3, -0.25) is 9.59 Å². The van der Waals surface area contributed by atoms with E-state index in [0.717, 1.165) is 0 Å². The molecular weight excluding hydrogens is 336 g/mol. The minimum absolute atomic E-state index is 0.197. The van der Waals surface area contributed by atoms with E-state index in [2.05, 4.69) is 10.6 Å². The highest BCUT2D eigenvalue weighted by Crippen LogP contribution is 2.10. The van der Waals surface area contributed by atoms with Crippen LogP contribution < -0.4 is 10.6 Å². The summed E-state index contributed by atoms with van der Waals surface area (Å²) in [7, 11) is 1.42. The number of hydrogen-bond acceptors (Lipinski definition) is 5. The molecule has 8 heteroatoms. The molecule has 0 bridgehead atoms. The predicted molar refractivity (Wildman–Crippen MR) is 92.2 cm³/mol. The van der Waals surface area contributed by atoms with Gasteiger partial charge in [0, 0.05) is 13.7 Å². The first-order valence-electron chi connectivity index (χ1n) is 7.84. The van der Waals surface area contributed by atoms with E-state index >= 15 is 0 Å². The Hall–Kier alpha value is -1.34. The van der Waals surface area contributed by atoms with Crippen LogP contribution in [0.3, 0.4) is 0 Å². The normalized spacial score (nSPS) is 13.1. The molecule has 0 saturated carbocycles. The molecule has 0 radical (unpaired) electrons. The maximum atomic E-state index is 12.1. The summed E-state index contributed by atoms with van der Waals surface area (Å²) in [5.74, 6) is -0.875. The fraction of sp³-hybridized carbons (Fsp3) is 0.812. The summed E-state index contributed by atoms with van der Waals surface area (Å²) in [5, 5.41) is 5.25. The Kier molecular flexibility index (Phi) is 9.29. The number of rotatable bonds is 9. The lowest BCUT2D eigenvalue weighted by Gasteiger charge is -2.25. The highest BCUT2D eigenvalue weighted by atomic mass is 35.5. The number of alkyl halides is 1. The molecule has 0 aliphatic carbocycles. The van der Waals surface area contributed by atoms with Crippen molar-refractivity contribution in [3.63, 3.8) is 0 Å². The molecule has 0 aromatic carbocycles. The molecule has 0 aliphatic rings. The van der Waals surface area contributed by atoms with Crippen LogP contribution in [0.4, 0.5) is 4.79 Å². The van der Waals surface area contributed by atoms with Crippen molar-refractivity contribution in [2.75, 3.05) is 19.5 Å². The maximum absolute atomic E-state index is 12.1. The Morgan fingerprint density at radius 2 is 1.71 bits per heavy atom. The van der Waals surface area contributed by atoms with E-state index < -0.39 is 29.2 Å². The fourth-order valence-electron chi connectivity index (χ4n) is 1.64. The average Bonchev–Trinajstić information content (AvgIpc) is 2.47. The van der Waals surface area contributed by atoms with Crippen molar-refractivity contribution in [1.82, 2.24) is 10.6 Å². The van der Waals surface area contributed by atoms with E-state index in [4.69, 9.17) is 21.1 Å². The first kappa shape index (κ1) is 22.7. The Bertz CT molecular complexity index is 446. The first-order valence-corrected chi connectivity index (χ1v) is 8.38. The van der Waals surface area contributed by atoms with Gasteiger partial charge >= 0.3 is 6.09 Å². The van der Waals surface area contributed by atoms with Gasteiger partial charge in [-0.25, -0.2) is 4.79 Å². The molecule has 0 heterocycles. The van der Waals surface area contributed by atoms with Crippen molar-refractivity contribution >= 4 is 29.4 Å². The van der Waals surface area contributed by atoms with Gasteiger partial charge in [0.2, 0.25) is 0 Å². The van der Waals surface area contributed by atoms with Crippen LogP contribution in [0.25, 0.3) is 0 Å². The summed E-state index contributed by atoms with van der Waals surface area (Å²) >= 11 is 5.59. The summed E-state index contributed by atoms with van der Waals surface area (Å²) in [6, 6.07) is -0.718. The summed E-state index contributed by atoms with van der Waals surface area (Å²) in [6.45, 7) is 8.85. The Morgan fingerprint density at radius 1 is 1.12 bits per heavy atom. The smallest absolute Gasteiger partial charge is 0.407 e. The molecule has 24 heavy (non-hydrogen) atoms. The molecule has 2 N–H and O–H groups in total. The third-order valence-corrected chi connectivity index (χ3v) is 3.48. The van der Waals surface area contributed by atoms with Gasteiger partial charge in [0.15, 0.2) is 5.78 Å². The van der Waals surface area contributed by atoms with E-state index in [9.17, 15) is 14.4 Å². The van der Waals surface area contributed by atoms with Crippen LogP contribution >= 0.6 is 11.6 Å². The number of ether oxygens (including phenoxy) is 2. The zero-order valence-electron chi connectivity index (χ0n) is 15.3. The van der Waals surface area contributed by atoms with Crippen LogP contribution in [0.5, 0.6) is 0 Å². The third kappa shape index (κ3) is 9.08. The lowest BCUT2D eigenvalue weighted by Crippen LogP contribution is -2.50. The second-order valence-electron chi connectivity index (χ2n) is 6.91. The predicted octanol–water partition coefficient (Wildman–Crippen LogP) is 2.01.